The Morgan fingerprint density at radius 2 is 0.833 bits per heavy atom. The van der Waals surface area contributed by atoms with E-state index in [1.165, 1.54) is 0 Å². The number of anilines is 2. The third-order valence-electron chi connectivity index (χ3n) is 6.54. The van der Waals surface area contributed by atoms with Gasteiger partial charge in [0, 0.05) is 11.4 Å². The zero-order valence-corrected chi connectivity index (χ0v) is 22.5. The van der Waals surface area contributed by atoms with E-state index in [1.54, 1.807) is 33.6 Å². The maximum atomic E-state index is 13.7. The molecule has 0 saturated carbocycles. The maximum Gasteiger partial charge on any atom is 0.278 e. The van der Waals surface area contributed by atoms with E-state index < -0.39 is 11.8 Å². The normalized spacial score (nSPS) is 10.8. The van der Waals surface area contributed by atoms with Crippen molar-refractivity contribution < 1.29 is 9.59 Å². The minimum absolute atomic E-state index is 0.0418. The van der Waals surface area contributed by atoms with Crippen LogP contribution in [0.1, 0.15) is 32.1 Å². The molecular weight excluding hydrogens is 528 g/mol. The van der Waals surface area contributed by atoms with E-state index in [-0.39, 0.29) is 11.4 Å². The van der Waals surface area contributed by atoms with Crippen LogP contribution in [0.25, 0.3) is 11.4 Å². The fraction of sp³-hybridized carbons (Fsp3) is 0.0625. The van der Waals surface area contributed by atoms with Gasteiger partial charge in [0.2, 0.25) is 0 Å². The molecule has 0 saturated heterocycles. The number of para-hydroxylation sites is 2. The van der Waals surface area contributed by atoms with Crippen LogP contribution in [-0.2, 0) is 13.1 Å². The van der Waals surface area contributed by atoms with E-state index in [2.05, 4.69) is 31.3 Å². The molecule has 10 nitrogen and oxygen atoms in total. The lowest BCUT2D eigenvalue weighted by Crippen LogP contribution is -2.19. The number of rotatable bonds is 9. The summed E-state index contributed by atoms with van der Waals surface area (Å²) in [5.74, 6) is -0.949. The van der Waals surface area contributed by atoms with Gasteiger partial charge in [-0.2, -0.15) is 0 Å². The third-order valence-corrected chi connectivity index (χ3v) is 6.54. The van der Waals surface area contributed by atoms with Gasteiger partial charge in [-0.15, -0.1) is 10.2 Å². The monoisotopic (exact) mass is 554 g/mol. The minimum atomic E-state index is -0.475. The van der Waals surface area contributed by atoms with Crippen molar-refractivity contribution in [2.45, 2.75) is 13.1 Å². The van der Waals surface area contributed by atoms with Gasteiger partial charge in [0.05, 0.1) is 13.1 Å². The summed E-state index contributed by atoms with van der Waals surface area (Å²) in [7, 11) is 0. The highest BCUT2D eigenvalue weighted by molar-refractivity contribution is 6.10. The largest absolute Gasteiger partial charge is 0.321 e. The van der Waals surface area contributed by atoms with Crippen LogP contribution >= 0.6 is 0 Å². The second kappa shape index (κ2) is 12.1. The van der Waals surface area contributed by atoms with Crippen LogP contribution in [0.3, 0.4) is 0 Å². The van der Waals surface area contributed by atoms with Crippen LogP contribution in [-0.4, -0.2) is 41.8 Å². The number of hydrogen-bond acceptors (Lipinski definition) is 6. The van der Waals surface area contributed by atoms with E-state index in [1.807, 2.05) is 97.1 Å². The van der Waals surface area contributed by atoms with Crippen molar-refractivity contribution in [1.29, 1.82) is 0 Å². The fourth-order valence-electron chi connectivity index (χ4n) is 4.56. The van der Waals surface area contributed by atoms with Gasteiger partial charge in [-0.05, 0) is 35.4 Å². The van der Waals surface area contributed by atoms with Crippen molar-refractivity contribution in [2.75, 3.05) is 10.6 Å². The van der Waals surface area contributed by atoms with Crippen molar-refractivity contribution in [3.05, 3.63) is 144 Å². The first-order valence-corrected chi connectivity index (χ1v) is 13.3. The molecule has 2 amide bonds. The smallest absolute Gasteiger partial charge is 0.278 e. The Morgan fingerprint density at radius 1 is 0.500 bits per heavy atom. The first kappa shape index (κ1) is 26.3. The molecule has 0 aliphatic heterocycles. The van der Waals surface area contributed by atoms with Gasteiger partial charge >= 0.3 is 0 Å². The summed E-state index contributed by atoms with van der Waals surface area (Å²) in [6.07, 6.45) is 0. The molecule has 2 aromatic heterocycles. The van der Waals surface area contributed by atoms with Gasteiger partial charge in [-0.25, -0.2) is 9.36 Å². The molecule has 6 rings (SSSR count). The van der Waals surface area contributed by atoms with Crippen molar-refractivity contribution >= 4 is 23.2 Å². The van der Waals surface area contributed by atoms with Crippen molar-refractivity contribution in [1.82, 2.24) is 30.0 Å². The highest BCUT2D eigenvalue weighted by atomic mass is 16.2. The van der Waals surface area contributed by atoms with Gasteiger partial charge in [-0.1, -0.05) is 107 Å². The van der Waals surface area contributed by atoms with E-state index in [0.717, 1.165) is 11.1 Å². The molecule has 2 heterocycles. The van der Waals surface area contributed by atoms with E-state index in [0.29, 0.717) is 35.9 Å². The standard InChI is InChI=1S/C32H26N8O2/c41-31(33-25-17-9-3-10-18-25)27-29(39(37-35-27)21-23-13-5-1-6-14-23)30-28(32(42)34-26-19-11-4-12-20-26)36-38-40(30)22-24-15-7-2-8-16-24/h1-20H,21-22H2,(H,33,41)(H,34,42). The number of aromatic nitrogens is 6. The first-order valence-electron chi connectivity index (χ1n) is 13.3. The molecule has 4 aromatic carbocycles. The van der Waals surface area contributed by atoms with Gasteiger partial charge < -0.3 is 10.6 Å². The molecule has 10 heteroatoms. The lowest BCUT2D eigenvalue weighted by molar-refractivity contribution is 0.101. The average molecular weight is 555 g/mol. The lowest BCUT2D eigenvalue weighted by atomic mass is 10.1. The summed E-state index contributed by atoms with van der Waals surface area (Å²) in [6, 6.07) is 37.5. The molecule has 0 spiro atoms. The maximum absolute atomic E-state index is 13.7. The highest BCUT2D eigenvalue weighted by Crippen LogP contribution is 2.28. The second-order valence-corrected chi connectivity index (χ2v) is 9.50. The Bertz CT molecular complexity index is 1670. The van der Waals surface area contributed by atoms with Gasteiger partial charge in [0.25, 0.3) is 11.8 Å². The number of nitrogens with one attached hydrogen (secondary N) is 2. The SMILES string of the molecule is O=C(Nc1ccccc1)c1nnn(Cc2ccccc2)c1-c1c(C(=O)Nc2ccccc2)nnn1Cc1ccccc1. The molecule has 6 aromatic rings. The minimum Gasteiger partial charge on any atom is -0.321 e. The summed E-state index contributed by atoms with van der Waals surface area (Å²) in [5, 5.41) is 23.1. The van der Waals surface area contributed by atoms with Crippen LogP contribution < -0.4 is 10.6 Å². The summed E-state index contributed by atoms with van der Waals surface area (Å²) in [6.45, 7) is 0.607. The Kier molecular flexibility index (Phi) is 7.58. The van der Waals surface area contributed by atoms with Crippen LogP contribution in [0, 0.1) is 0 Å². The van der Waals surface area contributed by atoms with Crippen LogP contribution in [0.2, 0.25) is 0 Å². The van der Waals surface area contributed by atoms with Crippen molar-refractivity contribution in [3.63, 3.8) is 0 Å². The number of carbonyl (C=O) groups excluding carboxylic acids is 2. The number of hydrogen-bond donors (Lipinski definition) is 2. The number of carbonyl (C=O) groups is 2. The quantitative estimate of drug-likeness (QED) is 0.256. The molecule has 42 heavy (non-hydrogen) atoms. The zero-order chi connectivity index (χ0) is 28.7. The molecule has 0 radical (unpaired) electrons. The number of benzene rings is 4. The Hall–Kier alpha value is -5.90. The molecule has 0 unspecified atom stereocenters. The molecule has 0 aliphatic carbocycles. The van der Waals surface area contributed by atoms with Crippen molar-refractivity contribution in [3.8, 4) is 11.4 Å². The molecule has 0 fully saturated rings. The lowest BCUT2D eigenvalue weighted by Gasteiger charge is -2.13. The molecule has 2 N–H and O–H groups in total. The van der Waals surface area contributed by atoms with Crippen LogP contribution in [0.4, 0.5) is 11.4 Å². The van der Waals surface area contributed by atoms with Crippen LogP contribution in [0.15, 0.2) is 121 Å². The molecule has 0 atom stereocenters. The molecule has 206 valence electrons. The molecule has 0 aliphatic rings. The van der Waals surface area contributed by atoms with Crippen LogP contribution in [0.5, 0.6) is 0 Å². The van der Waals surface area contributed by atoms with E-state index in [4.69, 9.17) is 0 Å². The fourth-order valence-corrected chi connectivity index (χ4v) is 4.56. The summed E-state index contributed by atoms with van der Waals surface area (Å²) >= 11 is 0. The number of nitrogens with zero attached hydrogens (tertiary/aromatic N) is 6. The summed E-state index contributed by atoms with van der Waals surface area (Å²) in [5.41, 5.74) is 3.82. The Labute approximate surface area is 241 Å². The molecule has 0 bridgehead atoms. The average Bonchev–Trinajstić information content (AvgIpc) is 3.63. The van der Waals surface area contributed by atoms with Crippen molar-refractivity contribution in [2.24, 2.45) is 0 Å². The van der Waals surface area contributed by atoms with E-state index in [9.17, 15) is 9.59 Å². The topological polar surface area (TPSA) is 120 Å². The zero-order valence-electron chi connectivity index (χ0n) is 22.5. The molecular formula is C32H26N8O2. The van der Waals surface area contributed by atoms with Gasteiger partial charge in [0.15, 0.2) is 11.4 Å². The second-order valence-electron chi connectivity index (χ2n) is 9.50. The predicted molar refractivity (Wildman–Crippen MR) is 159 cm³/mol. The summed E-state index contributed by atoms with van der Waals surface area (Å²) < 4.78 is 3.21. The predicted octanol–water partition coefficient (Wildman–Crippen LogP) is 5.14. The third kappa shape index (κ3) is 5.82. The Balaban J connectivity index is 1.49. The van der Waals surface area contributed by atoms with E-state index >= 15 is 0 Å². The highest BCUT2D eigenvalue weighted by Gasteiger charge is 2.31. The number of amides is 2. The Morgan fingerprint density at radius 3 is 1.19 bits per heavy atom. The van der Waals surface area contributed by atoms with Gasteiger partial charge in [-0.3, -0.25) is 9.59 Å². The summed E-state index contributed by atoms with van der Waals surface area (Å²) in [4.78, 5) is 27.3. The van der Waals surface area contributed by atoms with Gasteiger partial charge in [0.1, 0.15) is 11.4 Å². The first-order chi connectivity index (χ1) is 20.7.